The molecule has 2 rings (SSSR count). The van der Waals surface area contributed by atoms with Crippen LogP contribution in [0, 0.1) is 0 Å². The van der Waals surface area contributed by atoms with Gasteiger partial charge in [0.1, 0.15) is 5.75 Å². The summed E-state index contributed by atoms with van der Waals surface area (Å²) in [6.07, 6.45) is 0.948. The van der Waals surface area contributed by atoms with E-state index >= 15 is 0 Å². The lowest BCUT2D eigenvalue weighted by Crippen LogP contribution is -2.36. The molecule has 0 aliphatic carbocycles. The number of hydrogen-bond donors (Lipinski definition) is 1. The molecule has 1 fully saturated rings. The Morgan fingerprint density at radius 3 is 2.94 bits per heavy atom. The van der Waals surface area contributed by atoms with Crippen LogP contribution in [0.4, 0.5) is 0 Å². The molecule has 1 aliphatic rings. The number of thioether (sulfide) groups is 1. The first kappa shape index (κ1) is 13.3. The minimum atomic E-state index is 0.180. The average Bonchev–Trinajstić information content (AvgIpc) is 2.69. The third kappa shape index (κ3) is 3.67. The van der Waals surface area contributed by atoms with Crippen LogP contribution in [0.5, 0.6) is 5.75 Å². The molecular weight excluding hydrogens is 244 g/mol. The fraction of sp³-hybridized carbons (Fsp3) is 0.500. The predicted molar refractivity (Wildman–Crippen MR) is 78.7 cm³/mol. The molecule has 4 heteroatoms. The summed E-state index contributed by atoms with van der Waals surface area (Å²) in [5.74, 6) is 2.00. The van der Waals surface area contributed by atoms with Crippen molar-refractivity contribution < 1.29 is 4.74 Å². The lowest BCUT2D eigenvalue weighted by atomic mass is 10.1. The zero-order valence-corrected chi connectivity index (χ0v) is 12.0. The first-order valence-corrected chi connectivity index (χ1v) is 7.16. The topological polar surface area (TPSA) is 33.6 Å². The summed E-state index contributed by atoms with van der Waals surface area (Å²) in [4.78, 5) is 4.60. The predicted octanol–water partition coefficient (Wildman–Crippen LogP) is 2.71. The van der Waals surface area contributed by atoms with Gasteiger partial charge in [0.15, 0.2) is 5.17 Å². The van der Waals surface area contributed by atoms with E-state index in [9.17, 15) is 0 Å². The lowest BCUT2D eigenvalue weighted by Gasteiger charge is -2.15. The van der Waals surface area contributed by atoms with Crippen LogP contribution in [0.15, 0.2) is 29.3 Å². The van der Waals surface area contributed by atoms with E-state index in [0.717, 1.165) is 29.6 Å². The molecule has 98 valence electrons. The van der Waals surface area contributed by atoms with Crippen molar-refractivity contribution in [3.05, 3.63) is 29.8 Å². The van der Waals surface area contributed by atoms with Crippen LogP contribution in [0.25, 0.3) is 0 Å². The molecule has 18 heavy (non-hydrogen) atoms. The van der Waals surface area contributed by atoms with Crippen molar-refractivity contribution in [1.82, 2.24) is 5.32 Å². The van der Waals surface area contributed by atoms with Crippen LogP contribution in [0.1, 0.15) is 19.4 Å². The molecule has 0 atom stereocenters. The van der Waals surface area contributed by atoms with Crippen molar-refractivity contribution in [2.75, 3.05) is 19.4 Å². The van der Waals surface area contributed by atoms with Gasteiger partial charge in [-0.1, -0.05) is 23.9 Å². The number of rotatable bonds is 4. The molecule has 1 aromatic rings. The standard InChI is InChI=1S/C14H20N2OS/c1-14(2)10-18-13(16-14)15-8-7-11-5-4-6-12(9-11)17-3/h4-6,9H,7-8,10H2,1-3H3,(H,15,16). The van der Waals surface area contributed by atoms with Gasteiger partial charge in [0.05, 0.1) is 7.11 Å². The SMILES string of the molecule is COc1cccc(CCN=C2NC(C)(C)CS2)c1. The third-order valence-electron chi connectivity index (χ3n) is 2.81. The number of nitrogens with one attached hydrogen (secondary N) is 1. The quantitative estimate of drug-likeness (QED) is 0.908. The molecule has 0 amide bonds. The van der Waals surface area contributed by atoms with Gasteiger partial charge in [-0.05, 0) is 38.0 Å². The molecule has 0 saturated carbocycles. The minimum absolute atomic E-state index is 0.180. The van der Waals surface area contributed by atoms with Crippen LogP contribution < -0.4 is 10.1 Å². The summed E-state index contributed by atoms with van der Waals surface area (Å²) in [6.45, 7) is 5.22. The molecule has 0 aromatic heterocycles. The van der Waals surface area contributed by atoms with Gasteiger partial charge in [-0.3, -0.25) is 4.99 Å². The molecule has 0 unspecified atom stereocenters. The molecule has 1 N–H and O–H groups in total. The van der Waals surface area contributed by atoms with Crippen LogP contribution in [0.3, 0.4) is 0 Å². The molecule has 1 aliphatic heterocycles. The molecule has 1 heterocycles. The second kappa shape index (κ2) is 5.65. The Balaban J connectivity index is 1.87. The number of methoxy groups -OCH3 is 1. The van der Waals surface area contributed by atoms with Crippen LogP contribution in [0.2, 0.25) is 0 Å². The van der Waals surface area contributed by atoms with E-state index in [1.807, 2.05) is 12.1 Å². The van der Waals surface area contributed by atoms with E-state index in [0.29, 0.717) is 0 Å². The van der Waals surface area contributed by atoms with Crippen molar-refractivity contribution in [2.45, 2.75) is 25.8 Å². The van der Waals surface area contributed by atoms with Gasteiger partial charge in [-0.15, -0.1) is 0 Å². The second-order valence-corrected chi connectivity index (χ2v) is 6.05. The summed E-state index contributed by atoms with van der Waals surface area (Å²) < 4.78 is 5.21. The molecule has 3 nitrogen and oxygen atoms in total. The molecule has 1 saturated heterocycles. The van der Waals surface area contributed by atoms with Crippen LogP contribution in [-0.2, 0) is 6.42 Å². The Hall–Kier alpha value is -1.16. The van der Waals surface area contributed by atoms with E-state index in [4.69, 9.17) is 4.74 Å². The van der Waals surface area contributed by atoms with Gasteiger partial charge in [-0.2, -0.15) is 0 Å². The van der Waals surface area contributed by atoms with Crippen molar-refractivity contribution in [2.24, 2.45) is 4.99 Å². The van der Waals surface area contributed by atoms with E-state index in [2.05, 4.69) is 36.3 Å². The van der Waals surface area contributed by atoms with E-state index in [1.165, 1.54) is 5.56 Å². The summed E-state index contributed by atoms with van der Waals surface area (Å²) >= 11 is 1.81. The first-order chi connectivity index (χ1) is 8.59. The van der Waals surface area contributed by atoms with Gasteiger partial charge in [0.2, 0.25) is 0 Å². The average molecular weight is 264 g/mol. The Bertz CT molecular complexity index is 443. The fourth-order valence-electron chi connectivity index (χ4n) is 1.81. The van der Waals surface area contributed by atoms with Gasteiger partial charge in [0, 0.05) is 17.8 Å². The minimum Gasteiger partial charge on any atom is -0.497 e. The van der Waals surface area contributed by atoms with Gasteiger partial charge < -0.3 is 10.1 Å². The third-order valence-corrected chi connectivity index (χ3v) is 4.18. The van der Waals surface area contributed by atoms with E-state index in [-0.39, 0.29) is 5.54 Å². The number of aliphatic imine (C=N–C) groups is 1. The summed E-state index contributed by atoms with van der Waals surface area (Å²) in [5.41, 5.74) is 1.44. The second-order valence-electron chi connectivity index (χ2n) is 5.09. The Kier molecular flexibility index (Phi) is 4.17. The number of nitrogens with zero attached hydrogens (tertiary/aromatic N) is 1. The van der Waals surface area contributed by atoms with Crippen molar-refractivity contribution in [3.8, 4) is 5.75 Å². The van der Waals surface area contributed by atoms with Crippen molar-refractivity contribution in [1.29, 1.82) is 0 Å². The van der Waals surface area contributed by atoms with Crippen LogP contribution >= 0.6 is 11.8 Å². The van der Waals surface area contributed by atoms with Crippen molar-refractivity contribution in [3.63, 3.8) is 0 Å². The fourth-order valence-corrected chi connectivity index (χ4v) is 2.91. The monoisotopic (exact) mass is 264 g/mol. The highest BCUT2D eigenvalue weighted by molar-refractivity contribution is 8.14. The smallest absolute Gasteiger partial charge is 0.157 e. The van der Waals surface area contributed by atoms with E-state index in [1.54, 1.807) is 18.9 Å². The first-order valence-electron chi connectivity index (χ1n) is 6.17. The zero-order valence-electron chi connectivity index (χ0n) is 11.2. The molecule has 0 spiro atoms. The van der Waals surface area contributed by atoms with Gasteiger partial charge in [0.25, 0.3) is 0 Å². The molecule has 1 aromatic carbocycles. The molecular formula is C14H20N2OS. The van der Waals surface area contributed by atoms with Gasteiger partial charge >= 0.3 is 0 Å². The zero-order chi connectivity index (χ0) is 13.0. The van der Waals surface area contributed by atoms with Crippen LogP contribution in [-0.4, -0.2) is 30.1 Å². The highest BCUT2D eigenvalue weighted by Crippen LogP contribution is 2.22. The Labute approximate surface area is 113 Å². The number of amidine groups is 1. The number of hydrogen-bond acceptors (Lipinski definition) is 3. The normalized spacial score (nSPS) is 19.8. The summed E-state index contributed by atoms with van der Waals surface area (Å²) in [7, 11) is 1.69. The number of benzene rings is 1. The van der Waals surface area contributed by atoms with Gasteiger partial charge in [-0.25, -0.2) is 0 Å². The highest BCUT2D eigenvalue weighted by Gasteiger charge is 2.26. The number of ether oxygens (including phenoxy) is 1. The van der Waals surface area contributed by atoms with Crippen molar-refractivity contribution >= 4 is 16.9 Å². The summed E-state index contributed by atoms with van der Waals surface area (Å²) in [5, 5.41) is 4.50. The Morgan fingerprint density at radius 2 is 2.28 bits per heavy atom. The maximum atomic E-state index is 5.21. The summed E-state index contributed by atoms with van der Waals surface area (Å²) in [6, 6.07) is 8.17. The molecule has 0 bridgehead atoms. The highest BCUT2D eigenvalue weighted by atomic mass is 32.2. The van der Waals surface area contributed by atoms with E-state index < -0.39 is 0 Å². The molecule has 0 radical (unpaired) electrons. The maximum Gasteiger partial charge on any atom is 0.157 e. The Morgan fingerprint density at radius 1 is 1.44 bits per heavy atom. The lowest BCUT2D eigenvalue weighted by molar-refractivity contribution is 0.414. The maximum absolute atomic E-state index is 5.21. The largest absolute Gasteiger partial charge is 0.497 e.